The smallest absolute Gasteiger partial charge is 0.462 e. The highest BCUT2D eigenvalue weighted by Crippen LogP contribution is 2.43. The molecular formula is C45H91NO8P+. The van der Waals surface area contributed by atoms with Crippen molar-refractivity contribution in [1.29, 1.82) is 0 Å². The van der Waals surface area contributed by atoms with E-state index in [1.807, 2.05) is 21.1 Å². The molecule has 0 radical (unpaired) electrons. The number of phosphoric acid groups is 1. The highest BCUT2D eigenvalue weighted by atomic mass is 31.2. The third-order valence-electron chi connectivity index (χ3n) is 10.4. The summed E-state index contributed by atoms with van der Waals surface area (Å²) in [5, 5.41) is 0. The Morgan fingerprint density at radius 3 is 1.16 bits per heavy atom. The molecule has 55 heavy (non-hydrogen) atoms. The molecule has 0 amide bonds. The van der Waals surface area contributed by atoms with Crippen LogP contribution < -0.4 is 0 Å². The van der Waals surface area contributed by atoms with E-state index in [-0.39, 0.29) is 25.6 Å². The van der Waals surface area contributed by atoms with Crippen molar-refractivity contribution < 1.29 is 42.1 Å². The zero-order valence-electron chi connectivity index (χ0n) is 36.9. The van der Waals surface area contributed by atoms with Gasteiger partial charge in [-0.2, -0.15) is 0 Å². The van der Waals surface area contributed by atoms with Gasteiger partial charge in [-0.25, -0.2) is 4.57 Å². The minimum absolute atomic E-state index is 0.0364. The number of carbonyl (C=O) groups is 2. The van der Waals surface area contributed by atoms with E-state index >= 15 is 0 Å². The van der Waals surface area contributed by atoms with Gasteiger partial charge >= 0.3 is 19.8 Å². The van der Waals surface area contributed by atoms with Crippen LogP contribution in [0.3, 0.4) is 0 Å². The quantitative estimate of drug-likeness (QED) is 0.0281. The van der Waals surface area contributed by atoms with Gasteiger partial charge in [-0.1, -0.05) is 200 Å². The fourth-order valence-corrected chi connectivity index (χ4v) is 7.46. The molecule has 0 aromatic heterocycles. The maximum Gasteiger partial charge on any atom is 0.472 e. The highest BCUT2D eigenvalue weighted by Gasteiger charge is 2.27. The summed E-state index contributed by atoms with van der Waals surface area (Å²) in [5.74, 6) is -0.789. The summed E-state index contributed by atoms with van der Waals surface area (Å²) in [6.45, 7) is 4.42. The van der Waals surface area contributed by atoms with Crippen LogP contribution >= 0.6 is 7.82 Å². The summed E-state index contributed by atoms with van der Waals surface area (Å²) < 4.78 is 34.2. The van der Waals surface area contributed by atoms with E-state index < -0.39 is 26.5 Å². The number of carbonyl (C=O) groups excluding carboxylic acids is 2. The minimum atomic E-state index is -4.36. The van der Waals surface area contributed by atoms with E-state index in [1.165, 1.54) is 161 Å². The lowest BCUT2D eigenvalue weighted by molar-refractivity contribution is -0.870. The van der Waals surface area contributed by atoms with Crippen LogP contribution in [-0.2, 0) is 32.7 Å². The fraction of sp³-hybridized carbons (Fsp3) is 0.956. The number of likely N-dealkylation sites (N-methyl/N-ethyl adjacent to an activating group) is 1. The Hall–Kier alpha value is -0.990. The Balaban J connectivity index is 4.06. The first-order chi connectivity index (χ1) is 26.5. The van der Waals surface area contributed by atoms with Crippen molar-refractivity contribution in [1.82, 2.24) is 0 Å². The maximum absolute atomic E-state index is 12.6. The van der Waals surface area contributed by atoms with Crippen molar-refractivity contribution in [2.24, 2.45) is 0 Å². The van der Waals surface area contributed by atoms with Gasteiger partial charge in [0.25, 0.3) is 0 Å². The van der Waals surface area contributed by atoms with Crippen LogP contribution in [0.2, 0.25) is 0 Å². The van der Waals surface area contributed by atoms with E-state index in [2.05, 4.69) is 13.8 Å². The van der Waals surface area contributed by atoms with Gasteiger partial charge in [-0.15, -0.1) is 0 Å². The van der Waals surface area contributed by atoms with Gasteiger partial charge in [0.1, 0.15) is 19.8 Å². The SMILES string of the molecule is CCCCCCCCCCCCCCCCCCCCCCCCCC(=O)OC[C@@H](COP(=O)(O)OCC[N+](C)(C)C)OC(=O)CCCCCCCCCC. The van der Waals surface area contributed by atoms with Crippen molar-refractivity contribution >= 4 is 19.8 Å². The first kappa shape index (κ1) is 54.0. The van der Waals surface area contributed by atoms with Gasteiger partial charge in [0, 0.05) is 12.8 Å². The predicted octanol–water partition coefficient (Wildman–Crippen LogP) is 13.2. The number of hydrogen-bond donors (Lipinski definition) is 1. The van der Waals surface area contributed by atoms with Crippen LogP contribution in [-0.4, -0.2) is 74.9 Å². The van der Waals surface area contributed by atoms with Crippen LogP contribution in [0.25, 0.3) is 0 Å². The summed E-state index contributed by atoms with van der Waals surface area (Å²) in [6, 6.07) is 0. The Kier molecular flexibility index (Phi) is 37.8. The summed E-state index contributed by atoms with van der Waals surface area (Å²) in [7, 11) is 1.49. The molecule has 0 spiro atoms. The molecule has 9 nitrogen and oxygen atoms in total. The molecule has 0 aliphatic rings. The Morgan fingerprint density at radius 1 is 0.491 bits per heavy atom. The Labute approximate surface area is 340 Å². The molecule has 1 N–H and O–H groups in total. The molecule has 0 aromatic rings. The van der Waals surface area contributed by atoms with Crippen molar-refractivity contribution in [2.45, 2.75) is 232 Å². The van der Waals surface area contributed by atoms with Gasteiger partial charge in [0.15, 0.2) is 6.10 Å². The summed E-state index contributed by atoms with van der Waals surface area (Å²) >= 11 is 0. The first-order valence-electron chi connectivity index (χ1n) is 23.3. The lowest BCUT2D eigenvalue weighted by Gasteiger charge is -2.24. The molecule has 0 fully saturated rings. The first-order valence-corrected chi connectivity index (χ1v) is 24.8. The lowest BCUT2D eigenvalue weighted by atomic mass is 10.0. The summed E-state index contributed by atoms with van der Waals surface area (Å²) in [6.07, 6.45) is 38.9. The van der Waals surface area contributed by atoms with E-state index in [0.29, 0.717) is 23.9 Å². The molecule has 0 aliphatic heterocycles. The number of ether oxygens (including phenoxy) is 2. The largest absolute Gasteiger partial charge is 0.472 e. The molecule has 1 unspecified atom stereocenters. The van der Waals surface area contributed by atoms with Gasteiger partial charge in [0.05, 0.1) is 27.7 Å². The third-order valence-corrected chi connectivity index (χ3v) is 11.4. The van der Waals surface area contributed by atoms with Crippen LogP contribution in [0.1, 0.15) is 226 Å². The number of unbranched alkanes of at least 4 members (excludes halogenated alkanes) is 29. The van der Waals surface area contributed by atoms with Gasteiger partial charge < -0.3 is 18.9 Å². The van der Waals surface area contributed by atoms with E-state index in [1.54, 1.807) is 0 Å². The Morgan fingerprint density at radius 2 is 0.818 bits per heavy atom. The van der Waals surface area contributed by atoms with Crippen LogP contribution in [0.15, 0.2) is 0 Å². The maximum atomic E-state index is 12.6. The number of hydrogen-bond acceptors (Lipinski definition) is 7. The molecule has 0 rings (SSSR count). The third kappa shape index (κ3) is 42.4. The van der Waals surface area contributed by atoms with E-state index in [0.717, 1.165) is 32.1 Å². The topological polar surface area (TPSA) is 108 Å². The van der Waals surface area contributed by atoms with Gasteiger partial charge in [0.2, 0.25) is 0 Å². The molecule has 0 aromatic carbocycles. The van der Waals surface area contributed by atoms with Crippen molar-refractivity contribution in [3.05, 3.63) is 0 Å². The predicted molar refractivity (Wildman–Crippen MR) is 229 cm³/mol. The highest BCUT2D eigenvalue weighted by molar-refractivity contribution is 7.47. The number of rotatable bonds is 43. The fourth-order valence-electron chi connectivity index (χ4n) is 6.72. The number of quaternary nitrogens is 1. The molecule has 10 heteroatoms. The molecule has 0 saturated carbocycles. The molecular weight excluding hydrogens is 713 g/mol. The number of phosphoric ester groups is 1. The van der Waals surface area contributed by atoms with Crippen molar-refractivity contribution in [2.75, 3.05) is 47.5 Å². The van der Waals surface area contributed by atoms with Crippen LogP contribution in [0.4, 0.5) is 0 Å². The van der Waals surface area contributed by atoms with Gasteiger partial charge in [-0.05, 0) is 12.8 Å². The minimum Gasteiger partial charge on any atom is -0.462 e. The average Bonchev–Trinajstić information content (AvgIpc) is 3.13. The molecule has 328 valence electrons. The number of nitrogens with zero attached hydrogens (tertiary/aromatic N) is 1. The standard InChI is InChI=1S/C45H90NO8P/c1-6-8-10-12-14-16-17-18-19-20-21-22-23-24-25-26-27-28-29-30-32-33-35-37-44(47)51-41-43(42-53-55(49,50)52-40-39-46(3,4)5)54-45(48)38-36-34-31-15-13-11-9-7-2/h43H,6-42H2,1-5H3/p+1/t43-/m0/s1. The zero-order valence-corrected chi connectivity index (χ0v) is 37.8. The Bertz CT molecular complexity index is 912. The second-order valence-corrected chi connectivity index (χ2v) is 18.6. The second-order valence-electron chi connectivity index (χ2n) is 17.2. The van der Waals surface area contributed by atoms with Crippen LogP contribution in [0, 0.1) is 0 Å². The zero-order chi connectivity index (χ0) is 40.7. The summed E-state index contributed by atoms with van der Waals surface area (Å²) in [4.78, 5) is 35.2. The van der Waals surface area contributed by atoms with Crippen molar-refractivity contribution in [3.63, 3.8) is 0 Å². The van der Waals surface area contributed by atoms with E-state index in [4.69, 9.17) is 18.5 Å². The lowest BCUT2D eigenvalue weighted by Crippen LogP contribution is -2.37. The molecule has 0 saturated heterocycles. The van der Waals surface area contributed by atoms with Crippen LogP contribution in [0.5, 0.6) is 0 Å². The molecule has 2 atom stereocenters. The second kappa shape index (κ2) is 38.5. The summed E-state index contributed by atoms with van der Waals surface area (Å²) in [5.41, 5.74) is 0. The molecule has 0 aliphatic carbocycles. The average molecular weight is 805 g/mol. The normalized spacial score (nSPS) is 13.5. The molecule has 0 bridgehead atoms. The van der Waals surface area contributed by atoms with E-state index in [9.17, 15) is 19.0 Å². The van der Waals surface area contributed by atoms with Crippen molar-refractivity contribution in [3.8, 4) is 0 Å². The monoisotopic (exact) mass is 805 g/mol. The number of esters is 2. The van der Waals surface area contributed by atoms with Gasteiger partial charge in [-0.3, -0.25) is 18.6 Å². The molecule has 0 heterocycles.